The molecule has 1 spiro atoms. The largest absolute Gasteiger partial charge is 0.510 e. The van der Waals surface area contributed by atoms with Crippen molar-refractivity contribution in [1.29, 1.82) is 0 Å². The normalized spacial score (nSPS) is 30.2. The van der Waals surface area contributed by atoms with Gasteiger partial charge < -0.3 is 40.7 Å². The number of primary amides is 1. The molecule has 4 aliphatic rings. The highest BCUT2D eigenvalue weighted by Gasteiger charge is 2.84. The van der Waals surface area contributed by atoms with E-state index in [0.717, 1.165) is 12.2 Å². The van der Waals surface area contributed by atoms with Gasteiger partial charge in [0.05, 0.1) is 11.6 Å². The number of rotatable bonds is 8. The van der Waals surface area contributed by atoms with E-state index < -0.39 is 58.0 Å². The third kappa shape index (κ3) is 4.16. The van der Waals surface area contributed by atoms with Crippen LogP contribution in [0.3, 0.4) is 0 Å². The summed E-state index contributed by atoms with van der Waals surface area (Å²) in [5.74, 6) is -5.75. The predicted octanol–water partition coefficient (Wildman–Crippen LogP) is 1.95. The van der Waals surface area contributed by atoms with Crippen molar-refractivity contribution >= 4 is 23.5 Å². The van der Waals surface area contributed by atoms with Crippen LogP contribution < -0.4 is 10.6 Å². The smallest absolute Gasteiger partial charge is 0.253 e. The number of benzene rings is 1. The Hall–Kier alpha value is -3.38. The molecule has 1 heterocycles. The van der Waals surface area contributed by atoms with E-state index >= 15 is 0 Å². The molecule has 1 saturated heterocycles. The number of carbonyl (C=O) groups is 2. The second kappa shape index (κ2) is 10.1. The van der Waals surface area contributed by atoms with Crippen LogP contribution >= 0.6 is 0 Å². The van der Waals surface area contributed by atoms with Gasteiger partial charge in [0.2, 0.25) is 5.79 Å². The van der Waals surface area contributed by atoms with Gasteiger partial charge in [-0.1, -0.05) is 26.0 Å². The Morgan fingerprint density at radius 3 is 2.43 bits per heavy atom. The number of likely N-dealkylation sites (N-methyl/N-ethyl adjacent to an activating group) is 2. The van der Waals surface area contributed by atoms with Crippen LogP contribution in [-0.2, 0) is 16.0 Å². The fourth-order valence-electron chi connectivity index (χ4n) is 7.51. The fraction of sp³-hybridized carbons (Fsp3) is 0.548. The number of nitrogens with two attached hydrogens (primary N) is 1. The molecule has 1 amide bonds. The standard InChI is InChI=1S/C31H42N4O7/c1-15(2)14-35(7)10-8-9-16-13-20(33(3)4)18-11-17-12-19-24(34(5)6)27(38)23(29(32)40)31(41)30(19,42-31)28(39)21(17)26(37)22(18)25(16)36/h8-9,13,15,17,19,24,36,38-39,41H,10-12,14H2,1-7H3,(H2,32,40)/b9-8+/t17-,19-,24?,30-,31?/m0/s1. The lowest BCUT2D eigenvalue weighted by atomic mass is 9.60. The number of hydrogen-bond donors (Lipinski definition) is 5. The summed E-state index contributed by atoms with van der Waals surface area (Å²) in [6.45, 7) is 5.85. The second-order valence-electron chi connectivity index (χ2n) is 12.9. The number of fused-ring (bicyclic) bond motifs is 2. The number of amides is 1. The van der Waals surface area contributed by atoms with Gasteiger partial charge in [0.1, 0.15) is 22.8 Å². The predicted molar refractivity (Wildman–Crippen MR) is 158 cm³/mol. The number of phenolic OH excluding ortho intramolecular Hbond substituents is 1. The van der Waals surface area contributed by atoms with Crippen molar-refractivity contribution in [2.75, 3.05) is 53.2 Å². The lowest BCUT2D eigenvalue weighted by Crippen LogP contribution is -2.57. The van der Waals surface area contributed by atoms with Crippen LogP contribution in [0.4, 0.5) is 5.69 Å². The Labute approximate surface area is 246 Å². The van der Waals surface area contributed by atoms with Crippen LogP contribution in [-0.4, -0.2) is 108 Å². The fourth-order valence-corrected chi connectivity index (χ4v) is 7.51. The summed E-state index contributed by atoms with van der Waals surface area (Å²) in [5, 5.41) is 45.7. The number of anilines is 1. The van der Waals surface area contributed by atoms with Gasteiger partial charge in [-0.15, -0.1) is 0 Å². The first-order valence-corrected chi connectivity index (χ1v) is 14.3. The van der Waals surface area contributed by atoms with E-state index in [9.17, 15) is 30.0 Å². The molecular formula is C31H42N4O7. The first-order chi connectivity index (χ1) is 19.6. The first kappa shape index (κ1) is 30.1. The van der Waals surface area contributed by atoms with Crippen LogP contribution in [0.25, 0.3) is 6.08 Å². The highest BCUT2D eigenvalue weighted by Crippen LogP contribution is 2.68. The van der Waals surface area contributed by atoms with Crippen molar-refractivity contribution in [3.05, 3.63) is 51.5 Å². The van der Waals surface area contributed by atoms with Crippen molar-refractivity contribution < 1.29 is 34.8 Å². The monoisotopic (exact) mass is 582 g/mol. The van der Waals surface area contributed by atoms with Crippen LogP contribution in [0.1, 0.15) is 41.8 Å². The molecule has 5 rings (SSSR count). The molecule has 3 aliphatic carbocycles. The summed E-state index contributed by atoms with van der Waals surface area (Å²) in [6.07, 6.45) is 4.33. The number of carbonyl (C=O) groups excluding carboxylic acids is 2. The molecule has 1 aliphatic heterocycles. The highest BCUT2D eigenvalue weighted by atomic mass is 16.8. The summed E-state index contributed by atoms with van der Waals surface area (Å²) in [6, 6.07) is 1.05. The number of aromatic hydroxyl groups is 1. The molecule has 11 nitrogen and oxygen atoms in total. The summed E-state index contributed by atoms with van der Waals surface area (Å²) < 4.78 is 5.76. The number of ether oxygens (including phenoxy) is 1. The third-order valence-corrected chi connectivity index (χ3v) is 9.11. The van der Waals surface area contributed by atoms with Gasteiger partial charge in [0, 0.05) is 49.9 Å². The summed E-state index contributed by atoms with van der Waals surface area (Å²) >= 11 is 0. The van der Waals surface area contributed by atoms with Crippen LogP contribution in [0.5, 0.6) is 5.75 Å². The maximum atomic E-state index is 14.2. The Kier molecular flexibility index (Phi) is 7.25. The van der Waals surface area contributed by atoms with Gasteiger partial charge in [-0.2, -0.15) is 0 Å². The summed E-state index contributed by atoms with van der Waals surface area (Å²) in [7, 11) is 9.16. The minimum Gasteiger partial charge on any atom is -0.510 e. The minimum absolute atomic E-state index is 0.0372. The Balaban J connectivity index is 1.62. The zero-order valence-electron chi connectivity index (χ0n) is 25.3. The number of hydrogen-bond acceptors (Lipinski definition) is 10. The molecule has 0 saturated carbocycles. The van der Waals surface area contributed by atoms with E-state index in [2.05, 4.69) is 18.7 Å². The zero-order valence-corrected chi connectivity index (χ0v) is 25.3. The van der Waals surface area contributed by atoms with Gasteiger partial charge in [0.15, 0.2) is 11.4 Å². The number of allylic oxidation sites excluding steroid dienone is 1. The number of epoxide rings is 1. The molecular weight excluding hydrogens is 540 g/mol. The maximum Gasteiger partial charge on any atom is 0.253 e. The molecule has 2 unspecified atom stereocenters. The maximum absolute atomic E-state index is 14.2. The average Bonchev–Trinajstić information content (AvgIpc) is 3.49. The molecule has 11 heteroatoms. The van der Waals surface area contributed by atoms with E-state index in [0.29, 0.717) is 30.0 Å². The van der Waals surface area contributed by atoms with E-state index in [-0.39, 0.29) is 23.3 Å². The lowest BCUT2D eigenvalue weighted by Gasteiger charge is -2.46. The molecule has 42 heavy (non-hydrogen) atoms. The average molecular weight is 583 g/mol. The minimum atomic E-state index is -2.37. The van der Waals surface area contributed by atoms with E-state index in [1.165, 1.54) is 0 Å². The molecule has 5 atom stereocenters. The Bertz CT molecular complexity index is 1440. The zero-order chi connectivity index (χ0) is 31.0. The van der Waals surface area contributed by atoms with Crippen molar-refractivity contribution in [2.45, 2.75) is 44.1 Å². The summed E-state index contributed by atoms with van der Waals surface area (Å²) in [4.78, 5) is 32.3. The van der Waals surface area contributed by atoms with Gasteiger partial charge in [-0.3, -0.25) is 14.5 Å². The Morgan fingerprint density at radius 1 is 1.19 bits per heavy atom. The van der Waals surface area contributed by atoms with E-state index in [1.54, 1.807) is 25.1 Å². The molecule has 0 bridgehead atoms. The first-order valence-electron chi connectivity index (χ1n) is 14.3. The molecule has 0 radical (unpaired) electrons. The van der Waals surface area contributed by atoms with Gasteiger partial charge >= 0.3 is 0 Å². The topological polar surface area (TPSA) is 163 Å². The summed E-state index contributed by atoms with van der Waals surface area (Å²) in [5.41, 5.74) is 5.24. The number of phenols is 1. The number of ketones is 1. The quantitative estimate of drug-likeness (QED) is 0.286. The number of Topliss-reactive ketones (excluding diaryl/α,β-unsaturated/α-hetero) is 1. The van der Waals surface area contributed by atoms with Gasteiger partial charge in [-0.25, -0.2) is 0 Å². The van der Waals surface area contributed by atoms with Crippen LogP contribution in [0.2, 0.25) is 0 Å². The van der Waals surface area contributed by atoms with E-state index in [1.807, 2.05) is 38.2 Å². The number of aliphatic hydroxyl groups is 3. The lowest BCUT2D eigenvalue weighted by molar-refractivity contribution is -0.117. The van der Waals surface area contributed by atoms with Crippen LogP contribution in [0.15, 0.2) is 34.8 Å². The van der Waals surface area contributed by atoms with Crippen molar-refractivity contribution in [1.82, 2.24) is 9.80 Å². The highest BCUT2D eigenvalue weighted by molar-refractivity contribution is 6.15. The van der Waals surface area contributed by atoms with E-state index in [4.69, 9.17) is 10.5 Å². The van der Waals surface area contributed by atoms with Crippen molar-refractivity contribution in [3.8, 4) is 5.75 Å². The molecule has 6 N–H and O–H groups in total. The molecule has 228 valence electrons. The number of nitrogens with zero attached hydrogens (tertiary/aromatic N) is 3. The molecule has 1 fully saturated rings. The molecule has 1 aromatic carbocycles. The van der Waals surface area contributed by atoms with Crippen molar-refractivity contribution in [3.63, 3.8) is 0 Å². The SMILES string of the molecule is CC(C)CN(C)C/C=C/c1cc(N(C)C)c2c(c1O)C(=O)C1=C(O)[C@]34OC3(O)C(C(N)=O)=C(O)C(N(C)C)[C@@H]4C[C@@H]1C2. The second-order valence-corrected chi connectivity index (χ2v) is 12.9. The molecule has 1 aromatic rings. The van der Waals surface area contributed by atoms with Crippen LogP contribution in [0, 0.1) is 17.8 Å². The number of aliphatic hydroxyl groups excluding tert-OH is 2. The van der Waals surface area contributed by atoms with Crippen molar-refractivity contribution in [2.24, 2.45) is 23.5 Å². The molecule has 0 aromatic heterocycles. The van der Waals surface area contributed by atoms with Gasteiger partial charge in [-0.05, 0) is 57.5 Å². The Morgan fingerprint density at radius 2 is 1.86 bits per heavy atom. The van der Waals surface area contributed by atoms with Gasteiger partial charge in [0.25, 0.3) is 5.91 Å². The third-order valence-electron chi connectivity index (χ3n) is 9.11.